The second kappa shape index (κ2) is 8.81. The summed E-state index contributed by atoms with van der Waals surface area (Å²) in [6.45, 7) is 7.21. The molecule has 3 nitrogen and oxygen atoms in total. The first-order chi connectivity index (χ1) is 8.37. The van der Waals surface area contributed by atoms with E-state index >= 15 is 0 Å². The first kappa shape index (κ1) is 17.8. The molecule has 0 aromatic rings. The van der Waals surface area contributed by atoms with Gasteiger partial charge in [-0.2, -0.15) is 11.8 Å². The first-order valence-corrected chi connectivity index (χ1v) is 8.22. The lowest BCUT2D eigenvalue weighted by molar-refractivity contribution is -0.132. The van der Waals surface area contributed by atoms with Crippen LogP contribution in [-0.4, -0.2) is 42.4 Å². The fraction of sp³-hybridized carbons (Fsp3) is 0.929. The molecule has 0 aliphatic heterocycles. The van der Waals surface area contributed by atoms with E-state index in [0.717, 1.165) is 25.0 Å². The fourth-order valence-electron chi connectivity index (χ4n) is 2.04. The zero-order valence-corrected chi connectivity index (χ0v) is 13.5. The lowest BCUT2D eigenvalue weighted by Gasteiger charge is -2.29. The topological polar surface area (TPSA) is 46.3 Å². The van der Waals surface area contributed by atoms with E-state index in [9.17, 15) is 4.79 Å². The molecular weight excluding hydrogens is 244 g/mol. The molecule has 0 fully saturated rings. The molecule has 0 aromatic carbocycles. The Morgan fingerprint density at radius 3 is 2.44 bits per heavy atom. The molecule has 108 valence electrons. The molecule has 0 rings (SSSR count). The van der Waals surface area contributed by atoms with E-state index in [1.54, 1.807) is 11.8 Å². The molecule has 0 spiro atoms. The Bertz CT molecular complexity index is 244. The Morgan fingerprint density at radius 2 is 2.00 bits per heavy atom. The number of amides is 1. The molecule has 0 heterocycles. The summed E-state index contributed by atoms with van der Waals surface area (Å²) in [5.41, 5.74) is 5.77. The van der Waals surface area contributed by atoms with Crippen LogP contribution in [0.4, 0.5) is 0 Å². The number of nitrogens with zero attached hydrogens (tertiary/aromatic N) is 1. The van der Waals surface area contributed by atoms with Crippen molar-refractivity contribution in [3.8, 4) is 0 Å². The van der Waals surface area contributed by atoms with Gasteiger partial charge >= 0.3 is 0 Å². The smallest absolute Gasteiger partial charge is 0.222 e. The maximum atomic E-state index is 12.2. The van der Waals surface area contributed by atoms with Crippen LogP contribution in [0.5, 0.6) is 0 Å². The van der Waals surface area contributed by atoms with Crippen LogP contribution in [0, 0.1) is 5.41 Å². The normalized spacial score (nSPS) is 13.4. The molecule has 0 saturated heterocycles. The van der Waals surface area contributed by atoms with Gasteiger partial charge in [-0.25, -0.2) is 0 Å². The molecular formula is C14H30N2OS. The highest BCUT2D eigenvalue weighted by molar-refractivity contribution is 7.98. The van der Waals surface area contributed by atoms with Crippen LogP contribution in [0.2, 0.25) is 0 Å². The predicted octanol–water partition coefficient (Wildman–Crippen LogP) is 2.74. The molecule has 0 aliphatic rings. The summed E-state index contributed by atoms with van der Waals surface area (Å²) in [4.78, 5) is 14.1. The van der Waals surface area contributed by atoms with E-state index in [1.807, 2.05) is 11.9 Å². The van der Waals surface area contributed by atoms with Gasteiger partial charge in [0.2, 0.25) is 5.91 Å². The van der Waals surface area contributed by atoms with E-state index in [1.165, 1.54) is 0 Å². The van der Waals surface area contributed by atoms with E-state index in [2.05, 4.69) is 27.0 Å². The monoisotopic (exact) mass is 274 g/mol. The molecule has 4 heteroatoms. The Balaban J connectivity index is 4.22. The van der Waals surface area contributed by atoms with E-state index < -0.39 is 0 Å². The predicted molar refractivity (Wildman–Crippen MR) is 81.9 cm³/mol. The highest BCUT2D eigenvalue weighted by Crippen LogP contribution is 2.26. The quantitative estimate of drug-likeness (QED) is 0.703. The van der Waals surface area contributed by atoms with Crippen LogP contribution >= 0.6 is 11.8 Å². The number of carbonyl (C=O) groups excluding carboxylic acids is 1. The number of nitrogens with two attached hydrogens (primary N) is 1. The summed E-state index contributed by atoms with van der Waals surface area (Å²) >= 11 is 1.80. The number of thioether (sulfide) groups is 1. The second-order valence-corrected chi connectivity index (χ2v) is 6.64. The van der Waals surface area contributed by atoms with Gasteiger partial charge in [0.1, 0.15) is 0 Å². The van der Waals surface area contributed by atoms with Crippen molar-refractivity contribution in [2.75, 3.05) is 25.6 Å². The van der Waals surface area contributed by atoms with Crippen LogP contribution in [-0.2, 0) is 4.79 Å². The minimum atomic E-state index is 0.173. The number of hydrogen-bond donors (Lipinski definition) is 1. The SMILES string of the molecule is CCC(CSC)N(C)C(=O)CCC(C)(C)CCN. The third-order valence-electron chi connectivity index (χ3n) is 3.61. The Hall–Kier alpha value is -0.220. The van der Waals surface area contributed by atoms with Crippen LogP contribution in [0.1, 0.15) is 46.5 Å². The molecule has 1 amide bonds. The maximum Gasteiger partial charge on any atom is 0.222 e. The highest BCUT2D eigenvalue weighted by atomic mass is 32.2. The average Bonchev–Trinajstić information content (AvgIpc) is 2.32. The van der Waals surface area contributed by atoms with Gasteiger partial charge in [-0.1, -0.05) is 20.8 Å². The van der Waals surface area contributed by atoms with Gasteiger partial charge in [0.05, 0.1) is 0 Å². The van der Waals surface area contributed by atoms with Crippen LogP contribution in [0.25, 0.3) is 0 Å². The van der Waals surface area contributed by atoms with Crippen molar-refractivity contribution in [1.82, 2.24) is 4.90 Å². The zero-order chi connectivity index (χ0) is 14.2. The number of carbonyl (C=O) groups is 1. The summed E-state index contributed by atoms with van der Waals surface area (Å²) in [7, 11) is 1.93. The van der Waals surface area contributed by atoms with Crippen LogP contribution < -0.4 is 5.73 Å². The summed E-state index contributed by atoms with van der Waals surface area (Å²) < 4.78 is 0. The second-order valence-electron chi connectivity index (χ2n) is 5.72. The van der Waals surface area contributed by atoms with E-state index in [4.69, 9.17) is 5.73 Å². The van der Waals surface area contributed by atoms with E-state index in [-0.39, 0.29) is 11.3 Å². The van der Waals surface area contributed by atoms with Crippen LogP contribution in [0.15, 0.2) is 0 Å². The van der Waals surface area contributed by atoms with Crippen molar-refractivity contribution < 1.29 is 4.79 Å². The Labute approximate surface area is 117 Å². The van der Waals surface area contributed by atoms with Crippen molar-refractivity contribution in [1.29, 1.82) is 0 Å². The van der Waals surface area contributed by atoms with Gasteiger partial charge in [0, 0.05) is 25.3 Å². The number of rotatable bonds is 9. The largest absolute Gasteiger partial charge is 0.342 e. The van der Waals surface area contributed by atoms with Gasteiger partial charge in [-0.05, 0) is 37.5 Å². The summed E-state index contributed by atoms with van der Waals surface area (Å²) in [6.07, 6.45) is 5.64. The third-order valence-corrected chi connectivity index (χ3v) is 4.33. The van der Waals surface area contributed by atoms with Crippen molar-refractivity contribution in [3.63, 3.8) is 0 Å². The van der Waals surface area contributed by atoms with E-state index in [0.29, 0.717) is 19.0 Å². The van der Waals surface area contributed by atoms with Gasteiger partial charge in [-0.15, -0.1) is 0 Å². The molecule has 18 heavy (non-hydrogen) atoms. The summed E-state index contributed by atoms with van der Waals surface area (Å²) in [6, 6.07) is 0.366. The maximum absolute atomic E-state index is 12.2. The molecule has 0 saturated carbocycles. The lowest BCUT2D eigenvalue weighted by atomic mass is 9.84. The third kappa shape index (κ3) is 6.64. The van der Waals surface area contributed by atoms with Gasteiger partial charge in [0.15, 0.2) is 0 Å². The van der Waals surface area contributed by atoms with Gasteiger partial charge in [-0.3, -0.25) is 4.79 Å². The minimum Gasteiger partial charge on any atom is -0.342 e. The molecule has 1 unspecified atom stereocenters. The highest BCUT2D eigenvalue weighted by Gasteiger charge is 2.22. The standard InChI is InChI=1S/C14H30N2OS/c1-6-12(11-18-5)16(4)13(17)7-8-14(2,3)9-10-15/h12H,6-11,15H2,1-5H3. The minimum absolute atomic E-state index is 0.173. The first-order valence-electron chi connectivity index (χ1n) is 6.82. The zero-order valence-electron chi connectivity index (χ0n) is 12.7. The van der Waals surface area contributed by atoms with Crippen molar-refractivity contribution in [3.05, 3.63) is 0 Å². The van der Waals surface area contributed by atoms with Crippen molar-refractivity contribution >= 4 is 17.7 Å². The lowest BCUT2D eigenvalue weighted by Crippen LogP contribution is -2.38. The molecule has 0 aliphatic carbocycles. The molecule has 2 N–H and O–H groups in total. The summed E-state index contributed by atoms with van der Waals surface area (Å²) in [5.74, 6) is 1.28. The average molecular weight is 274 g/mol. The molecule has 1 atom stereocenters. The van der Waals surface area contributed by atoms with Crippen molar-refractivity contribution in [2.45, 2.75) is 52.5 Å². The molecule has 0 radical (unpaired) electrons. The van der Waals surface area contributed by atoms with Crippen LogP contribution in [0.3, 0.4) is 0 Å². The summed E-state index contributed by atoms with van der Waals surface area (Å²) in [5, 5.41) is 0. The van der Waals surface area contributed by atoms with Crippen molar-refractivity contribution in [2.24, 2.45) is 11.1 Å². The Morgan fingerprint density at radius 1 is 1.39 bits per heavy atom. The molecule has 0 aromatic heterocycles. The number of hydrogen-bond acceptors (Lipinski definition) is 3. The Kier molecular flexibility index (Phi) is 8.70. The fourth-order valence-corrected chi connectivity index (χ4v) is 2.88. The van der Waals surface area contributed by atoms with Gasteiger partial charge < -0.3 is 10.6 Å². The molecule has 0 bridgehead atoms. The van der Waals surface area contributed by atoms with Gasteiger partial charge in [0.25, 0.3) is 0 Å².